The first-order valence-corrected chi connectivity index (χ1v) is 23.1. The fourth-order valence-electron chi connectivity index (χ4n) is 9.89. The summed E-state index contributed by atoms with van der Waals surface area (Å²) in [5, 5.41) is 14.7. The summed E-state index contributed by atoms with van der Waals surface area (Å²) in [6, 6.07) is 7.26. The highest BCUT2D eigenvalue weighted by molar-refractivity contribution is 5.69. The Bertz CT molecular complexity index is 2220. The first-order valence-electron chi connectivity index (χ1n) is 23.1. The zero-order chi connectivity index (χ0) is 51.4. The highest BCUT2D eigenvalue weighted by Gasteiger charge is 2.60. The zero-order valence-corrected chi connectivity index (χ0v) is 40.0. The van der Waals surface area contributed by atoms with Crippen LogP contribution < -0.4 is 5.32 Å². The van der Waals surface area contributed by atoms with Gasteiger partial charge in [0.05, 0.1) is 36.4 Å². The molecule has 16 atom stereocenters. The average molecular weight is 999 g/mol. The molecule has 3 heterocycles. The summed E-state index contributed by atoms with van der Waals surface area (Å²) in [5.41, 5.74) is 28.7. The van der Waals surface area contributed by atoms with Crippen LogP contribution in [0, 0.1) is 11.8 Å². The molecule has 27 nitrogen and oxygen atoms in total. The third-order valence-electron chi connectivity index (χ3n) is 12.9. The Morgan fingerprint density at radius 3 is 1.96 bits per heavy atom. The number of rotatable bonds is 19. The first kappa shape index (κ1) is 53.9. The van der Waals surface area contributed by atoms with Crippen LogP contribution in [0.5, 0.6) is 0 Å². The maximum Gasteiger partial charge on any atom is 0.407 e. The predicted octanol–water partition coefficient (Wildman–Crippen LogP) is 5.22. The number of benzene rings is 1. The summed E-state index contributed by atoms with van der Waals surface area (Å²) in [7, 11) is 0. The molecule has 2 saturated carbocycles. The quantitative estimate of drug-likeness (QED) is 0.0610. The smallest absolute Gasteiger partial charge is 0.407 e. The van der Waals surface area contributed by atoms with Crippen LogP contribution in [0.25, 0.3) is 31.3 Å². The predicted molar refractivity (Wildman–Crippen MR) is 237 cm³/mol. The molecule has 71 heavy (non-hydrogen) atoms. The summed E-state index contributed by atoms with van der Waals surface area (Å²) < 4.78 is 66.4. The second kappa shape index (κ2) is 24.6. The number of hydrogen-bond acceptors (Lipinski definition) is 20. The van der Waals surface area contributed by atoms with Crippen LogP contribution in [-0.4, -0.2) is 140 Å². The third-order valence-corrected chi connectivity index (χ3v) is 12.9. The number of azide groups is 3. The number of ether oxygens (including phenoxy) is 11. The van der Waals surface area contributed by atoms with Crippen molar-refractivity contribution in [3.05, 3.63) is 67.2 Å². The van der Waals surface area contributed by atoms with Gasteiger partial charge in [0, 0.05) is 61.7 Å². The molecule has 6 rings (SSSR count). The molecule has 386 valence electrons. The summed E-state index contributed by atoms with van der Waals surface area (Å²) in [6.45, 7) is 6.58. The van der Waals surface area contributed by atoms with Gasteiger partial charge >= 0.3 is 35.9 Å². The van der Waals surface area contributed by atoms with Crippen LogP contribution in [0.1, 0.15) is 85.6 Å². The molecule has 27 heteroatoms. The largest absolute Gasteiger partial charge is 0.463 e. The van der Waals surface area contributed by atoms with E-state index in [-0.39, 0.29) is 19.4 Å². The minimum absolute atomic E-state index is 0.0283. The van der Waals surface area contributed by atoms with E-state index < -0.39 is 152 Å². The second-order valence-electron chi connectivity index (χ2n) is 18.0. The Kier molecular flexibility index (Phi) is 18.7. The van der Waals surface area contributed by atoms with Gasteiger partial charge in [-0.05, 0) is 60.2 Å². The lowest BCUT2D eigenvalue weighted by Gasteiger charge is -2.51. The summed E-state index contributed by atoms with van der Waals surface area (Å²) in [6.07, 6.45) is -14.4. The minimum Gasteiger partial charge on any atom is -0.463 e. The van der Waals surface area contributed by atoms with Crippen molar-refractivity contribution in [2.45, 2.75) is 178 Å². The fourth-order valence-corrected chi connectivity index (χ4v) is 9.89. The van der Waals surface area contributed by atoms with Gasteiger partial charge in [0.2, 0.25) is 0 Å². The maximum atomic E-state index is 13.2. The second-order valence-corrected chi connectivity index (χ2v) is 18.0. The van der Waals surface area contributed by atoms with Crippen LogP contribution in [0.4, 0.5) is 4.79 Å². The SMILES string of the molecule is CC(=O)OC[C@H]1O[C@@H](O[C@H]2[C@H](C3O[C@H](C4(NC(=O)OCc5ccccc5)CC4)CCC3N=[N+]=[N-])[C@@H](C)CC(N=[N+]=[N-])[C@@H]2OC(C)=O)[C@H](OC(C)=O)[C@@H]1O[C@@H]1C[C@@H](OC(C)=O)[C@H](OC(C)=O)[C@H](CN=[N+]=[N-])O1. The van der Waals surface area contributed by atoms with E-state index in [9.17, 15) is 39.8 Å². The lowest BCUT2D eigenvalue weighted by molar-refractivity contribution is -0.279. The molecule has 3 unspecified atom stereocenters. The highest BCUT2D eigenvalue weighted by atomic mass is 16.8. The van der Waals surface area contributed by atoms with Crippen molar-refractivity contribution in [3.8, 4) is 0 Å². The van der Waals surface area contributed by atoms with Crippen molar-refractivity contribution in [2.75, 3.05) is 13.2 Å². The Morgan fingerprint density at radius 2 is 1.34 bits per heavy atom. The van der Waals surface area contributed by atoms with Gasteiger partial charge in [-0.25, -0.2) is 4.79 Å². The topological polar surface area (TPSA) is 362 Å². The van der Waals surface area contributed by atoms with Crippen molar-refractivity contribution < 1.29 is 80.9 Å². The van der Waals surface area contributed by atoms with Gasteiger partial charge in [0.25, 0.3) is 0 Å². The Labute approximate surface area is 406 Å². The minimum atomic E-state index is -1.65. The summed E-state index contributed by atoms with van der Waals surface area (Å²) in [4.78, 5) is 84.8. The van der Waals surface area contributed by atoms with E-state index >= 15 is 0 Å². The van der Waals surface area contributed by atoms with E-state index in [0.29, 0.717) is 25.7 Å². The van der Waals surface area contributed by atoms with E-state index in [1.807, 2.05) is 37.3 Å². The Balaban J connectivity index is 1.35. The zero-order valence-electron chi connectivity index (χ0n) is 40.0. The van der Waals surface area contributed by atoms with Gasteiger partial charge in [-0.15, -0.1) is 0 Å². The molecule has 0 spiro atoms. The van der Waals surface area contributed by atoms with Crippen LogP contribution in [-0.2, 0) is 82.7 Å². The highest BCUT2D eigenvalue weighted by Crippen LogP contribution is 2.49. The fraction of sp³-hybridized carbons (Fsp3) is 0.727. The molecule has 3 saturated heterocycles. The number of amides is 1. The number of carbonyl (C=O) groups excluding carboxylic acids is 6. The molecule has 1 aromatic rings. The number of nitrogens with zero attached hydrogens (tertiary/aromatic N) is 9. The van der Waals surface area contributed by atoms with Crippen LogP contribution in [0.15, 0.2) is 45.7 Å². The average Bonchev–Trinajstić information content (AvgIpc) is 4.02. The monoisotopic (exact) mass is 998 g/mol. The molecule has 0 aromatic heterocycles. The molecule has 2 aliphatic carbocycles. The standard InChI is InChI=1S/C44H58N10O17/c1-21-16-29(51-54-47)37(64-24(4)57)40(35(21)36-28(50-53-46)12-13-33(69-36)44(14-15-44)49-43(60)62-19-27-10-8-7-9-11-27)71-42-41(66-26(6)59)39(32(68-42)20-61-22(2)55)70-34-17-30(63-23(3)56)38(65-25(5)58)31(67-34)18-48-52-45/h7-11,21,28-42H,12-20H2,1-6H3,(H,49,60)/t21-,28?,29?,30+,31-,32+,33-,34+,35-,36?,37-,38-,39+,40-,41+,42-/m0/s1. The summed E-state index contributed by atoms with van der Waals surface area (Å²) in [5.74, 6) is -5.25. The molecular formula is C44H58N10O17. The van der Waals surface area contributed by atoms with Crippen molar-refractivity contribution in [2.24, 2.45) is 27.2 Å². The van der Waals surface area contributed by atoms with Crippen molar-refractivity contribution in [3.63, 3.8) is 0 Å². The van der Waals surface area contributed by atoms with E-state index in [1.165, 1.54) is 0 Å². The van der Waals surface area contributed by atoms with Crippen LogP contribution in [0.2, 0.25) is 0 Å². The molecule has 5 aliphatic rings. The first-order chi connectivity index (χ1) is 33.9. The van der Waals surface area contributed by atoms with Gasteiger partial charge < -0.3 is 57.4 Å². The van der Waals surface area contributed by atoms with E-state index in [2.05, 4.69) is 35.4 Å². The number of hydrogen-bond donors (Lipinski definition) is 1. The van der Waals surface area contributed by atoms with Gasteiger partial charge in [0.15, 0.2) is 24.8 Å². The molecule has 0 bridgehead atoms. The normalized spacial score (nSPS) is 33.7. The Hall–Kier alpha value is -6.43. The molecule has 1 amide bonds. The molecule has 1 N–H and O–H groups in total. The van der Waals surface area contributed by atoms with Crippen molar-refractivity contribution in [1.29, 1.82) is 0 Å². The van der Waals surface area contributed by atoms with Crippen LogP contribution >= 0.6 is 0 Å². The van der Waals surface area contributed by atoms with E-state index in [1.54, 1.807) is 0 Å². The molecule has 3 aliphatic heterocycles. The molecule has 1 aromatic carbocycles. The number of esters is 5. The molecule has 5 fully saturated rings. The maximum absolute atomic E-state index is 13.2. The van der Waals surface area contributed by atoms with Crippen molar-refractivity contribution in [1.82, 2.24) is 5.32 Å². The number of nitrogens with one attached hydrogen (secondary N) is 1. The number of carbonyl (C=O) groups is 6. The lowest BCUT2D eigenvalue weighted by Crippen LogP contribution is -2.62. The molecule has 0 radical (unpaired) electrons. The van der Waals surface area contributed by atoms with E-state index in [0.717, 1.165) is 40.2 Å². The van der Waals surface area contributed by atoms with Crippen LogP contribution in [0.3, 0.4) is 0 Å². The van der Waals surface area contributed by atoms with Crippen molar-refractivity contribution >= 4 is 35.9 Å². The third kappa shape index (κ3) is 14.1. The summed E-state index contributed by atoms with van der Waals surface area (Å²) >= 11 is 0. The van der Waals surface area contributed by atoms with E-state index in [4.69, 9.17) is 57.6 Å². The van der Waals surface area contributed by atoms with Gasteiger partial charge in [0.1, 0.15) is 49.8 Å². The lowest BCUT2D eigenvalue weighted by atomic mass is 9.69. The Morgan fingerprint density at radius 1 is 0.690 bits per heavy atom. The number of alkyl carbamates (subject to hydrolysis) is 1. The van der Waals surface area contributed by atoms with Gasteiger partial charge in [-0.1, -0.05) is 52.6 Å². The van der Waals surface area contributed by atoms with Gasteiger partial charge in [-0.3, -0.25) is 24.0 Å². The van der Waals surface area contributed by atoms with Gasteiger partial charge in [-0.2, -0.15) is 0 Å². The molecular weight excluding hydrogens is 941 g/mol.